The molecule has 0 saturated heterocycles. The van der Waals surface area contributed by atoms with Gasteiger partial charge in [-0.05, 0) is 29.7 Å². The minimum atomic E-state index is -1.48. The molecule has 1 aromatic rings. The molecule has 0 aliphatic heterocycles. The van der Waals surface area contributed by atoms with Crippen LogP contribution in [0.1, 0.15) is 18.9 Å². The maximum atomic E-state index is 12.8. The summed E-state index contributed by atoms with van der Waals surface area (Å²) < 4.78 is 38.2. The van der Waals surface area contributed by atoms with Crippen molar-refractivity contribution in [3.63, 3.8) is 0 Å². The maximum Gasteiger partial charge on any atom is 0.194 e. The highest BCUT2D eigenvalue weighted by molar-refractivity contribution is 5.53. The molecule has 0 radical (unpaired) electrons. The third-order valence-electron chi connectivity index (χ3n) is 2.03. The molecular weight excluding hydrogens is 205 g/mol. The third-order valence-corrected chi connectivity index (χ3v) is 2.03. The molecule has 1 N–H and O–H groups in total. The van der Waals surface area contributed by atoms with Gasteiger partial charge in [-0.25, -0.2) is 13.2 Å². The molecule has 0 amide bonds. The number of aliphatic hydroxyl groups excluding tert-OH is 1. The Morgan fingerprint density at radius 1 is 1.27 bits per heavy atom. The van der Waals surface area contributed by atoms with Gasteiger partial charge in [0, 0.05) is 0 Å². The molecule has 0 heterocycles. The Morgan fingerprint density at radius 2 is 1.80 bits per heavy atom. The van der Waals surface area contributed by atoms with Gasteiger partial charge in [0.05, 0.1) is 6.61 Å². The van der Waals surface area contributed by atoms with Gasteiger partial charge in [-0.15, -0.1) is 0 Å². The van der Waals surface area contributed by atoms with Crippen molar-refractivity contribution in [2.24, 2.45) is 0 Å². The van der Waals surface area contributed by atoms with Gasteiger partial charge in [-0.1, -0.05) is 13.0 Å². The summed E-state index contributed by atoms with van der Waals surface area (Å²) in [6.07, 6.45) is 2.00. The zero-order valence-corrected chi connectivity index (χ0v) is 8.23. The lowest BCUT2D eigenvalue weighted by atomic mass is 10.1. The van der Waals surface area contributed by atoms with E-state index in [1.54, 1.807) is 6.92 Å². The minimum Gasteiger partial charge on any atom is -0.392 e. The second-order valence-electron chi connectivity index (χ2n) is 3.11. The van der Waals surface area contributed by atoms with E-state index in [0.717, 1.165) is 12.1 Å². The number of benzene rings is 1. The van der Waals surface area contributed by atoms with Crippen molar-refractivity contribution >= 4 is 6.08 Å². The fraction of sp³-hybridized carbons (Fsp3) is 0.273. The predicted molar refractivity (Wildman–Crippen MR) is 51.7 cm³/mol. The molecule has 0 fully saturated rings. The van der Waals surface area contributed by atoms with Crippen LogP contribution in [-0.2, 0) is 0 Å². The third kappa shape index (κ3) is 2.83. The predicted octanol–water partition coefficient (Wildman–Crippen LogP) is 2.89. The van der Waals surface area contributed by atoms with Crippen LogP contribution in [0.25, 0.3) is 6.08 Å². The highest BCUT2D eigenvalue weighted by Gasteiger charge is 2.09. The SMILES string of the molecule is CCC(=Cc1cc(F)c(F)c(F)c1)CO. The average molecular weight is 216 g/mol. The first-order chi connectivity index (χ1) is 7.08. The topological polar surface area (TPSA) is 20.2 Å². The molecule has 0 aliphatic carbocycles. The Balaban J connectivity index is 3.11. The van der Waals surface area contributed by atoms with Gasteiger partial charge in [0.25, 0.3) is 0 Å². The first kappa shape index (κ1) is 11.8. The van der Waals surface area contributed by atoms with Gasteiger partial charge in [0.2, 0.25) is 0 Å². The molecule has 0 spiro atoms. The summed E-state index contributed by atoms with van der Waals surface area (Å²) in [5.41, 5.74) is 0.831. The molecule has 0 atom stereocenters. The number of hydrogen-bond donors (Lipinski definition) is 1. The Bertz CT molecular complexity index is 356. The molecule has 0 aromatic heterocycles. The van der Waals surface area contributed by atoms with Gasteiger partial charge < -0.3 is 5.11 Å². The fourth-order valence-electron chi connectivity index (χ4n) is 1.15. The summed E-state index contributed by atoms with van der Waals surface area (Å²) in [5, 5.41) is 8.85. The van der Waals surface area contributed by atoms with Crippen molar-refractivity contribution in [2.75, 3.05) is 6.61 Å². The largest absolute Gasteiger partial charge is 0.392 e. The zero-order chi connectivity index (χ0) is 11.4. The Morgan fingerprint density at radius 3 is 2.20 bits per heavy atom. The summed E-state index contributed by atoms with van der Waals surface area (Å²) >= 11 is 0. The summed E-state index contributed by atoms with van der Waals surface area (Å²) in [6, 6.07) is 1.79. The summed E-state index contributed by atoms with van der Waals surface area (Å²) in [4.78, 5) is 0. The first-order valence-electron chi connectivity index (χ1n) is 4.53. The zero-order valence-electron chi connectivity index (χ0n) is 8.23. The standard InChI is InChI=1S/C11H11F3O/c1-2-7(6-15)3-8-4-9(12)11(14)10(13)5-8/h3-5,15H,2,6H2,1H3. The van der Waals surface area contributed by atoms with Gasteiger partial charge >= 0.3 is 0 Å². The van der Waals surface area contributed by atoms with E-state index in [9.17, 15) is 13.2 Å². The van der Waals surface area contributed by atoms with E-state index in [-0.39, 0.29) is 12.2 Å². The number of halogens is 3. The van der Waals surface area contributed by atoms with E-state index >= 15 is 0 Å². The summed E-state index contributed by atoms with van der Waals surface area (Å²) in [5.74, 6) is -3.93. The molecular formula is C11H11F3O. The average Bonchev–Trinajstić information content (AvgIpc) is 2.22. The van der Waals surface area contributed by atoms with Crippen molar-refractivity contribution in [1.82, 2.24) is 0 Å². The van der Waals surface area contributed by atoms with Crippen molar-refractivity contribution in [3.8, 4) is 0 Å². The fourth-order valence-corrected chi connectivity index (χ4v) is 1.15. The van der Waals surface area contributed by atoms with E-state index in [2.05, 4.69) is 0 Å². The molecule has 0 aliphatic rings. The Labute approximate surface area is 85.9 Å². The maximum absolute atomic E-state index is 12.8. The first-order valence-corrected chi connectivity index (χ1v) is 4.53. The molecule has 1 aromatic carbocycles. The van der Waals surface area contributed by atoms with Crippen LogP contribution in [0.4, 0.5) is 13.2 Å². The Kier molecular flexibility index (Phi) is 3.91. The van der Waals surface area contributed by atoms with Crippen molar-refractivity contribution < 1.29 is 18.3 Å². The number of rotatable bonds is 3. The molecule has 1 rings (SSSR count). The van der Waals surface area contributed by atoms with E-state index < -0.39 is 17.5 Å². The molecule has 4 heteroatoms. The molecule has 0 unspecified atom stereocenters. The lowest BCUT2D eigenvalue weighted by Crippen LogP contribution is -1.93. The van der Waals surface area contributed by atoms with Crippen molar-refractivity contribution in [3.05, 3.63) is 40.7 Å². The molecule has 0 bridgehead atoms. The van der Waals surface area contributed by atoms with Gasteiger partial charge in [0.1, 0.15) is 0 Å². The lowest BCUT2D eigenvalue weighted by Gasteiger charge is -2.01. The molecule has 15 heavy (non-hydrogen) atoms. The van der Waals surface area contributed by atoms with Crippen LogP contribution in [0.3, 0.4) is 0 Å². The molecule has 0 saturated carbocycles. The van der Waals surface area contributed by atoms with Crippen LogP contribution in [0.5, 0.6) is 0 Å². The highest BCUT2D eigenvalue weighted by atomic mass is 19.2. The monoisotopic (exact) mass is 216 g/mol. The van der Waals surface area contributed by atoms with Crippen molar-refractivity contribution in [2.45, 2.75) is 13.3 Å². The van der Waals surface area contributed by atoms with E-state index in [1.165, 1.54) is 6.08 Å². The second-order valence-corrected chi connectivity index (χ2v) is 3.11. The van der Waals surface area contributed by atoms with Crippen LogP contribution in [0.15, 0.2) is 17.7 Å². The van der Waals surface area contributed by atoms with Crippen LogP contribution < -0.4 is 0 Å². The van der Waals surface area contributed by atoms with E-state index in [0.29, 0.717) is 12.0 Å². The normalized spacial score (nSPS) is 11.9. The summed E-state index contributed by atoms with van der Waals surface area (Å²) in [6.45, 7) is 1.62. The smallest absolute Gasteiger partial charge is 0.194 e. The molecule has 1 nitrogen and oxygen atoms in total. The minimum absolute atomic E-state index is 0.183. The summed E-state index contributed by atoms with van der Waals surface area (Å²) in [7, 11) is 0. The number of hydrogen-bond acceptors (Lipinski definition) is 1. The van der Waals surface area contributed by atoms with Gasteiger partial charge in [0.15, 0.2) is 17.5 Å². The van der Waals surface area contributed by atoms with Crippen molar-refractivity contribution in [1.29, 1.82) is 0 Å². The molecule has 82 valence electrons. The lowest BCUT2D eigenvalue weighted by molar-refractivity contribution is 0.329. The van der Waals surface area contributed by atoms with Crippen LogP contribution in [0.2, 0.25) is 0 Å². The van der Waals surface area contributed by atoms with E-state index in [1.807, 2.05) is 0 Å². The highest BCUT2D eigenvalue weighted by Crippen LogP contribution is 2.16. The Hall–Kier alpha value is -1.29. The van der Waals surface area contributed by atoms with Gasteiger partial charge in [-0.3, -0.25) is 0 Å². The second kappa shape index (κ2) is 4.98. The number of aliphatic hydroxyl groups is 1. The quantitative estimate of drug-likeness (QED) is 0.770. The van der Waals surface area contributed by atoms with Gasteiger partial charge in [-0.2, -0.15) is 0 Å². The van der Waals surface area contributed by atoms with Crippen LogP contribution in [0, 0.1) is 17.5 Å². The van der Waals surface area contributed by atoms with Crippen LogP contribution in [-0.4, -0.2) is 11.7 Å². The van der Waals surface area contributed by atoms with E-state index in [4.69, 9.17) is 5.11 Å². The van der Waals surface area contributed by atoms with Crippen LogP contribution >= 0.6 is 0 Å².